The number of aromatic nitrogens is 2. The van der Waals surface area contributed by atoms with Crippen LogP contribution in [0.15, 0.2) is 101 Å². The number of ether oxygens (including phenoxy) is 1. The van der Waals surface area contributed by atoms with Crippen LogP contribution in [0.3, 0.4) is 0 Å². The number of methoxy groups -OCH3 is 1. The van der Waals surface area contributed by atoms with Crippen LogP contribution in [-0.4, -0.2) is 46.4 Å². The predicted molar refractivity (Wildman–Crippen MR) is 147 cm³/mol. The van der Waals surface area contributed by atoms with E-state index in [4.69, 9.17) is 4.74 Å². The molecule has 3 aromatic carbocycles. The van der Waals surface area contributed by atoms with Crippen molar-refractivity contribution in [3.63, 3.8) is 0 Å². The number of carbonyl (C=O) groups is 1. The highest BCUT2D eigenvalue weighted by atomic mass is 32.2. The van der Waals surface area contributed by atoms with Crippen LogP contribution in [0.2, 0.25) is 0 Å². The van der Waals surface area contributed by atoms with Gasteiger partial charge in [0, 0.05) is 24.1 Å². The Hall–Kier alpha value is -4.49. The van der Waals surface area contributed by atoms with Crippen molar-refractivity contribution in [3.8, 4) is 5.75 Å². The van der Waals surface area contributed by atoms with Crippen LogP contribution in [-0.2, 0) is 24.8 Å². The number of aryl methyl sites for hydroxylation is 1. The molecule has 1 aromatic heterocycles. The summed E-state index contributed by atoms with van der Waals surface area (Å²) in [6.07, 6.45) is 2.80. The molecule has 0 bridgehead atoms. The zero-order valence-corrected chi connectivity index (χ0v) is 22.6. The van der Waals surface area contributed by atoms with Crippen molar-refractivity contribution >= 4 is 43.3 Å². The first-order valence-corrected chi connectivity index (χ1v) is 14.4. The van der Waals surface area contributed by atoms with Gasteiger partial charge in [-0.05, 0) is 61.5 Å². The van der Waals surface area contributed by atoms with E-state index in [2.05, 4.69) is 20.0 Å². The van der Waals surface area contributed by atoms with Gasteiger partial charge < -0.3 is 10.1 Å². The summed E-state index contributed by atoms with van der Waals surface area (Å²) in [6.45, 7) is 1.29. The normalized spacial score (nSPS) is 11.4. The van der Waals surface area contributed by atoms with Crippen molar-refractivity contribution in [2.24, 2.45) is 0 Å². The van der Waals surface area contributed by atoms with Gasteiger partial charge in [-0.15, -0.1) is 0 Å². The molecule has 39 heavy (non-hydrogen) atoms. The van der Waals surface area contributed by atoms with Crippen LogP contribution in [0.4, 0.5) is 17.3 Å². The van der Waals surface area contributed by atoms with Gasteiger partial charge in [-0.2, -0.15) is 0 Å². The Morgan fingerprint density at radius 1 is 0.872 bits per heavy atom. The Morgan fingerprint density at radius 3 is 2.15 bits per heavy atom. The van der Waals surface area contributed by atoms with Crippen molar-refractivity contribution in [3.05, 3.63) is 96.8 Å². The zero-order chi connectivity index (χ0) is 28.0. The van der Waals surface area contributed by atoms with Crippen LogP contribution < -0.4 is 19.1 Å². The highest BCUT2D eigenvalue weighted by Crippen LogP contribution is 2.27. The SMILES string of the molecule is COc1cccc(N(CC(=O)Nc2ccc(S(=O)(=O)Nc3ncccn3)cc2)S(=O)(=O)c2ccc(C)cc2)c1. The third kappa shape index (κ3) is 6.69. The summed E-state index contributed by atoms with van der Waals surface area (Å²) in [5, 5.41) is 2.62. The van der Waals surface area contributed by atoms with E-state index in [1.165, 1.54) is 62.0 Å². The molecule has 4 rings (SSSR count). The molecule has 4 aromatic rings. The van der Waals surface area contributed by atoms with E-state index >= 15 is 0 Å². The Kier molecular flexibility index (Phi) is 8.12. The lowest BCUT2D eigenvalue weighted by molar-refractivity contribution is -0.114. The second kappa shape index (κ2) is 11.5. The maximum atomic E-state index is 13.6. The molecular weight excluding hydrogens is 542 g/mol. The van der Waals surface area contributed by atoms with E-state index in [0.29, 0.717) is 5.75 Å². The molecule has 2 N–H and O–H groups in total. The summed E-state index contributed by atoms with van der Waals surface area (Å²) in [5.74, 6) is -0.300. The topological polar surface area (TPSA) is 148 Å². The lowest BCUT2D eigenvalue weighted by atomic mass is 10.2. The average molecular weight is 568 g/mol. The van der Waals surface area contributed by atoms with Crippen molar-refractivity contribution in [1.29, 1.82) is 0 Å². The minimum absolute atomic E-state index is 0.0215. The second-order valence-electron chi connectivity index (χ2n) is 8.28. The molecule has 11 nitrogen and oxygen atoms in total. The standard InChI is InChI=1S/C26H25N5O6S2/c1-19-7-11-24(12-8-19)39(35,36)31(21-5-3-6-22(17-21)37-2)18-25(32)29-20-9-13-23(14-10-20)38(33,34)30-26-27-15-4-16-28-26/h3-17H,18H2,1-2H3,(H,29,32)(H,27,28,30). The number of anilines is 3. The molecule has 0 spiro atoms. The summed E-state index contributed by atoms with van der Waals surface area (Å²) in [6, 6.07) is 19.6. The Morgan fingerprint density at radius 2 is 1.51 bits per heavy atom. The third-order valence-electron chi connectivity index (χ3n) is 5.48. The lowest BCUT2D eigenvalue weighted by Gasteiger charge is -2.24. The number of sulfonamides is 2. The molecule has 1 amide bonds. The number of nitrogens with one attached hydrogen (secondary N) is 2. The molecule has 0 unspecified atom stereocenters. The van der Waals surface area contributed by atoms with Gasteiger partial charge in [0.05, 0.1) is 22.6 Å². The molecule has 0 fully saturated rings. The molecule has 0 aliphatic heterocycles. The van der Waals surface area contributed by atoms with Gasteiger partial charge >= 0.3 is 0 Å². The molecular formula is C26H25N5O6S2. The van der Waals surface area contributed by atoms with Crippen molar-refractivity contribution < 1.29 is 26.4 Å². The van der Waals surface area contributed by atoms with E-state index in [1.807, 2.05) is 6.92 Å². The molecule has 0 atom stereocenters. The van der Waals surface area contributed by atoms with Gasteiger partial charge in [0.25, 0.3) is 20.0 Å². The largest absolute Gasteiger partial charge is 0.497 e. The summed E-state index contributed by atoms with van der Waals surface area (Å²) in [7, 11) is -6.63. The number of amides is 1. The fraction of sp³-hybridized carbons (Fsp3) is 0.115. The van der Waals surface area contributed by atoms with E-state index in [0.717, 1.165) is 9.87 Å². The van der Waals surface area contributed by atoms with E-state index in [1.54, 1.807) is 36.4 Å². The highest BCUT2D eigenvalue weighted by Gasteiger charge is 2.27. The quantitative estimate of drug-likeness (QED) is 0.296. The smallest absolute Gasteiger partial charge is 0.264 e. The summed E-state index contributed by atoms with van der Waals surface area (Å²) < 4.78 is 60.8. The molecule has 1 heterocycles. The maximum absolute atomic E-state index is 13.6. The van der Waals surface area contributed by atoms with Gasteiger partial charge in [-0.25, -0.2) is 31.5 Å². The number of hydrogen-bond donors (Lipinski definition) is 2. The molecule has 13 heteroatoms. The third-order valence-corrected chi connectivity index (χ3v) is 8.61. The molecule has 0 radical (unpaired) electrons. The maximum Gasteiger partial charge on any atom is 0.264 e. The summed E-state index contributed by atoms with van der Waals surface area (Å²) in [5.41, 5.74) is 1.39. The molecule has 202 valence electrons. The van der Waals surface area contributed by atoms with Crippen LogP contribution in [0, 0.1) is 6.92 Å². The Balaban J connectivity index is 1.55. The zero-order valence-electron chi connectivity index (χ0n) is 21.0. The lowest BCUT2D eigenvalue weighted by Crippen LogP contribution is -2.38. The highest BCUT2D eigenvalue weighted by molar-refractivity contribution is 7.93. The Labute approximate surface area is 226 Å². The van der Waals surface area contributed by atoms with E-state index in [9.17, 15) is 21.6 Å². The van der Waals surface area contributed by atoms with E-state index in [-0.39, 0.29) is 27.1 Å². The van der Waals surface area contributed by atoms with Crippen LogP contribution in [0.5, 0.6) is 5.75 Å². The van der Waals surface area contributed by atoms with Crippen molar-refractivity contribution in [2.45, 2.75) is 16.7 Å². The monoisotopic (exact) mass is 567 g/mol. The minimum atomic E-state index is -4.12. The number of carbonyl (C=O) groups excluding carboxylic acids is 1. The first-order chi connectivity index (χ1) is 18.6. The minimum Gasteiger partial charge on any atom is -0.497 e. The first kappa shape index (κ1) is 27.5. The van der Waals surface area contributed by atoms with Crippen molar-refractivity contribution in [2.75, 3.05) is 28.0 Å². The first-order valence-electron chi connectivity index (χ1n) is 11.5. The van der Waals surface area contributed by atoms with Gasteiger partial charge in [0.15, 0.2) is 0 Å². The van der Waals surface area contributed by atoms with Crippen LogP contribution in [0.1, 0.15) is 5.56 Å². The summed E-state index contributed by atoms with van der Waals surface area (Å²) in [4.78, 5) is 20.6. The molecule has 0 saturated carbocycles. The number of rotatable bonds is 10. The number of hydrogen-bond acceptors (Lipinski definition) is 8. The summed E-state index contributed by atoms with van der Waals surface area (Å²) >= 11 is 0. The number of benzene rings is 3. The van der Waals surface area contributed by atoms with Gasteiger partial charge in [0.1, 0.15) is 12.3 Å². The van der Waals surface area contributed by atoms with Crippen LogP contribution in [0.25, 0.3) is 0 Å². The fourth-order valence-corrected chi connectivity index (χ4v) is 5.87. The predicted octanol–water partition coefficient (Wildman–Crippen LogP) is 3.43. The fourth-order valence-electron chi connectivity index (χ4n) is 3.50. The molecule has 0 aliphatic carbocycles. The van der Waals surface area contributed by atoms with Gasteiger partial charge in [0.2, 0.25) is 11.9 Å². The van der Waals surface area contributed by atoms with Gasteiger partial charge in [-0.3, -0.25) is 9.10 Å². The van der Waals surface area contributed by atoms with E-state index < -0.39 is 32.5 Å². The molecule has 0 aliphatic rings. The number of nitrogens with zero attached hydrogens (tertiary/aromatic N) is 3. The average Bonchev–Trinajstić information content (AvgIpc) is 2.92. The molecule has 0 saturated heterocycles. The Bertz CT molecular complexity index is 1660. The van der Waals surface area contributed by atoms with Crippen molar-refractivity contribution in [1.82, 2.24) is 9.97 Å². The second-order valence-corrected chi connectivity index (χ2v) is 11.8. The van der Waals surface area contributed by atoms with Gasteiger partial charge in [-0.1, -0.05) is 23.8 Å². The van der Waals surface area contributed by atoms with Crippen LogP contribution >= 0.6 is 0 Å².